The van der Waals surface area contributed by atoms with Gasteiger partial charge in [0.2, 0.25) is 0 Å². The van der Waals surface area contributed by atoms with E-state index in [-0.39, 0.29) is 5.78 Å². The molecule has 0 spiro atoms. The smallest absolute Gasteiger partial charge is 0.198 e. The maximum Gasteiger partial charge on any atom is 0.198 e. The van der Waals surface area contributed by atoms with E-state index >= 15 is 0 Å². The Bertz CT molecular complexity index is 563. The highest BCUT2D eigenvalue weighted by molar-refractivity contribution is 6.31. The van der Waals surface area contributed by atoms with Crippen molar-refractivity contribution in [3.05, 3.63) is 46.7 Å². The van der Waals surface area contributed by atoms with E-state index in [4.69, 9.17) is 17.3 Å². The number of ketones is 1. The molecule has 0 fully saturated rings. The number of aromatic nitrogens is 2. The van der Waals surface area contributed by atoms with Gasteiger partial charge in [-0.05, 0) is 25.1 Å². The van der Waals surface area contributed by atoms with Gasteiger partial charge in [0.15, 0.2) is 5.78 Å². The van der Waals surface area contributed by atoms with Crippen molar-refractivity contribution in [2.45, 2.75) is 13.5 Å². The van der Waals surface area contributed by atoms with Gasteiger partial charge in [0.1, 0.15) is 0 Å². The second-order valence-corrected chi connectivity index (χ2v) is 4.08. The zero-order valence-electron chi connectivity index (χ0n) is 9.35. The van der Waals surface area contributed by atoms with Crippen molar-refractivity contribution in [2.75, 3.05) is 5.73 Å². The fourth-order valence-electron chi connectivity index (χ4n) is 1.55. The average molecular weight is 250 g/mol. The minimum absolute atomic E-state index is 0.140. The van der Waals surface area contributed by atoms with E-state index < -0.39 is 0 Å². The lowest BCUT2D eigenvalue weighted by molar-refractivity contribution is 0.103. The van der Waals surface area contributed by atoms with E-state index in [1.807, 2.05) is 6.92 Å². The molecular weight excluding hydrogens is 238 g/mol. The molecule has 0 aliphatic heterocycles. The molecule has 0 aliphatic rings. The monoisotopic (exact) mass is 249 g/mol. The summed E-state index contributed by atoms with van der Waals surface area (Å²) in [5, 5.41) is 4.57. The predicted octanol–water partition coefficient (Wildman–Crippen LogP) is 2.37. The summed E-state index contributed by atoms with van der Waals surface area (Å²) in [5.74, 6) is -0.140. The number of halogens is 1. The van der Waals surface area contributed by atoms with Crippen LogP contribution in [0.25, 0.3) is 0 Å². The van der Waals surface area contributed by atoms with E-state index in [2.05, 4.69) is 5.10 Å². The van der Waals surface area contributed by atoms with Crippen LogP contribution in [-0.2, 0) is 6.54 Å². The van der Waals surface area contributed by atoms with Crippen molar-refractivity contribution < 1.29 is 4.79 Å². The van der Waals surface area contributed by atoms with Gasteiger partial charge >= 0.3 is 0 Å². The molecule has 2 aromatic rings. The zero-order valence-corrected chi connectivity index (χ0v) is 10.1. The van der Waals surface area contributed by atoms with Gasteiger partial charge < -0.3 is 5.73 Å². The van der Waals surface area contributed by atoms with Crippen LogP contribution in [-0.4, -0.2) is 15.6 Å². The quantitative estimate of drug-likeness (QED) is 0.671. The maximum absolute atomic E-state index is 12.1. The van der Waals surface area contributed by atoms with E-state index in [0.717, 1.165) is 6.54 Å². The first-order chi connectivity index (χ1) is 8.11. The minimum atomic E-state index is -0.140. The first kappa shape index (κ1) is 11.7. The molecule has 0 saturated carbocycles. The minimum Gasteiger partial charge on any atom is -0.398 e. The number of nitrogens with two attached hydrogens (primary N) is 1. The van der Waals surface area contributed by atoms with Crippen LogP contribution >= 0.6 is 11.6 Å². The molecule has 2 N–H and O–H groups in total. The van der Waals surface area contributed by atoms with Crippen LogP contribution in [0.15, 0.2) is 30.6 Å². The normalized spacial score (nSPS) is 10.5. The van der Waals surface area contributed by atoms with Crippen molar-refractivity contribution in [3.63, 3.8) is 0 Å². The predicted molar refractivity (Wildman–Crippen MR) is 67.2 cm³/mol. The molecule has 0 aliphatic carbocycles. The van der Waals surface area contributed by atoms with Crippen LogP contribution in [0.4, 0.5) is 5.69 Å². The number of anilines is 1. The largest absolute Gasteiger partial charge is 0.398 e. The number of hydrogen-bond acceptors (Lipinski definition) is 3. The summed E-state index contributed by atoms with van der Waals surface area (Å²) in [6, 6.07) is 4.84. The molecule has 0 atom stereocenters. The number of nitrogen functional groups attached to an aromatic ring is 1. The summed E-state index contributed by atoms with van der Waals surface area (Å²) >= 11 is 5.79. The summed E-state index contributed by atoms with van der Waals surface area (Å²) in [6.07, 6.45) is 3.25. The number of carbonyl (C=O) groups excluding carboxylic acids is 1. The lowest BCUT2D eigenvalue weighted by Gasteiger charge is -2.03. The standard InChI is InChI=1S/C12H12ClN3O/c1-2-16-7-8(6-15-16)12(17)10-4-3-9(13)5-11(10)14/h3-7H,2,14H2,1H3. The van der Waals surface area contributed by atoms with E-state index in [1.165, 1.54) is 0 Å². The van der Waals surface area contributed by atoms with Gasteiger partial charge in [-0.15, -0.1) is 0 Å². The Hall–Kier alpha value is -1.81. The third-order valence-electron chi connectivity index (χ3n) is 2.48. The lowest BCUT2D eigenvalue weighted by Crippen LogP contribution is -2.04. The number of rotatable bonds is 3. The number of hydrogen-bond donors (Lipinski definition) is 1. The van der Waals surface area contributed by atoms with E-state index in [9.17, 15) is 4.79 Å². The number of aryl methyl sites for hydroxylation is 1. The fourth-order valence-corrected chi connectivity index (χ4v) is 1.73. The molecule has 1 aromatic carbocycles. The second kappa shape index (κ2) is 4.59. The van der Waals surface area contributed by atoms with Gasteiger partial charge in [0.05, 0.1) is 11.8 Å². The van der Waals surface area contributed by atoms with Gasteiger partial charge in [-0.3, -0.25) is 9.48 Å². The van der Waals surface area contributed by atoms with Gasteiger partial charge in [-0.2, -0.15) is 5.10 Å². The Morgan fingerprint density at radius 3 is 2.88 bits per heavy atom. The van der Waals surface area contributed by atoms with Gasteiger partial charge in [-0.25, -0.2) is 0 Å². The van der Waals surface area contributed by atoms with E-state index in [0.29, 0.717) is 21.8 Å². The van der Waals surface area contributed by atoms with Gasteiger partial charge in [0, 0.05) is 29.0 Å². The van der Waals surface area contributed by atoms with Crippen molar-refractivity contribution in [2.24, 2.45) is 0 Å². The zero-order chi connectivity index (χ0) is 12.4. The molecule has 0 saturated heterocycles. The summed E-state index contributed by atoms with van der Waals surface area (Å²) in [4.78, 5) is 12.1. The number of nitrogens with zero attached hydrogens (tertiary/aromatic N) is 2. The second-order valence-electron chi connectivity index (χ2n) is 3.65. The van der Waals surface area contributed by atoms with Crippen molar-refractivity contribution >= 4 is 23.1 Å². The highest BCUT2D eigenvalue weighted by Gasteiger charge is 2.14. The van der Waals surface area contributed by atoms with Crippen molar-refractivity contribution in [1.82, 2.24) is 9.78 Å². The van der Waals surface area contributed by atoms with Crippen LogP contribution in [0.5, 0.6) is 0 Å². The average Bonchev–Trinajstić information content (AvgIpc) is 2.76. The molecule has 5 heteroatoms. The molecule has 17 heavy (non-hydrogen) atoms. The molecule has 0 bridgehead atoms. The third kappa shape index (κ3) is 2.31. The molecule has 4 nitrogen and oxygen atoms in total. The highest BCUT2D eigenvalue weighted by Crippen LogP contribution is 2.20. The molecule has 2 rings (SSSR count). The summed E-state index contributed by atoms with van der Waals surface area (Å²) < 4.78 is 1.69. The topological polar surface area (TPSA) is 60.9 Å². The van der Waals surface area contributed by atoms with Crippen LogP contribution < -0.4 is 5.73 Å². The first-order valence-electron chi connectivity index (χ1n) is 5.24. The maximum atomic E-state index is 12.1. The van der Waals surface area contributed by atoms with Crippen LogP contribution in [0.3, 0.4) is 0 Å². The molecular formula is C12H12ClN3O. The summed E-state index contributed by atoms with van der Waals surface area (Å²) in [6.45, 7) is 2.68. The Kier molecular flexibility index (Phi) is 3.15. The van der Waals surface area contributed by atoms with Crippen LogP contribution in [0.1, 0.15) is 22.8 Å². The third-order valence-corrected chi connectivity index (χ3v) is 2.71. The highest BCUT2D eigenvalue weighted by atomic mass is 35.5. The Labute approximate surface area is 104 Å². The fraction of sp³-hybridized carbons (Fsp3) is 0.167. The summed E-state index contributed by atoms with van der Waals surface area (Å²) in [5.41, 5.74) is 7.13. The molecule has 0 radical (unpaired) electrons. The van der Waals surface area contributed by atoms with Crippen molar-refractivity contribution in [1.29, 1.82) is 0 Å². The SMILES string of the molecule is CCn1cc(C(=O)c2ccc(Cl)cc2N)cn1. The number of carbonyl (C=O) groups is 1. The Morgan fingerprint density at radius 2 is 2.29 bits per heavy atom. The Balaban J connectivity index is 2.36. The van der Waals surface area contributed by atoms with Crippen molar-refractivity contribution in [3.8, 4) is 0 Å². The summed E-state index contributed by atoms with van der Waals surface area (Å²) in [7, 11) is 0. The molecule has 0 unspecified atom stereocenters. The molecule has 1 aromatic heterocycles. The molecule has 88 valence electrons. The lowest BCUT2D eigenvalue weighted by atomic mass is 10.0. The van der Waals surface area contributed by atoms with Crippen LogP contribution in [0, 0.1) is 0 Å². The molecule has 1 heterocycles. The number of benzene rings is 1. The first-order valence-corrected chi connectivity index (χ1v) is 5.61. The van der Waals surface area contributed by atoms with Crippen LogP contribution in [0.2, 0.25) is 5.02 Å². The van der Waals surface area contributed by atoms with E-state index in [1.54, 1.807) is 35.3 Å². The van der Waals surface area contributed by atoms with Gasteiger partial charge in [0.25, 0.3) is 0 Å². The van der Waals surface area contributed by atoms with Gasteiger partial charge in [-0.1, -0.05) is 11.6 Å². The Morgan fingerprint density at radius 1 is 1.53 bits per heavy atom. The molecule has 0 amide bonds.